The van der Waals surface area contributed by atoms with Crippen LogP contribution in [0.1, 0.15) is 52.3 Å². The van der Waals surface area contributed by atoms with Crippen LogP contribution in [0, 0.1) is 11.3 Å². The average Bonchev–Trinajstić information content (AvgIpc) is 2.97. The van der Waals surface area contributed by atoms with Crippen LogP contribution in [-0.2, 0) is 17.8 Å². The van der Waals surface area contributed by atoms with E-state index in [0.29, 0.717) is 17.9 Å². The van der Waals surface area contributed by atoms with Gasteiger partial charge in [-0.15, -0.1) is 24.0 Å². The van der Waals surface area contributed by atoms with Crippen LogP contribution in [0.25, 0.3) is 0 Å². The average molecular weight is 477 g/mol. The van der Waals surface area contributed by atoms with Crippen LogP contribution in [0.5, 0.6) is 0 Å². The van der Waals surface area contributed by atoms with Crippen LogP contribution in [0.2, 0.25) is 0 Å². The highest BCUT2D eigenvalue weighted by atomic mass is 127. The largest absolute Gasteiger partial charge is 0.385 e. The predicted octanol–water partition coefficient (Wildman–Crippen LogP) is 3.42. The first kappa shape index (κ1) is 23.2. The van der Waals surface area contributed by atoms with Crippen molar-refractivity contribution in [3.8, 4) is 0 Å². The first-order valence-electron chi connectivity index (χ1n) is 9.59. The number of aromatic nitrogens is 2. The van der Waals surface area contributed by atoms with Crippen molar-refractivity contribution in [1.29, 1.82) is 0 Å². The van der Waals surface area contributed by atoms with E-state index in [1.54, 1.807) is 7.11 Å². The molecule has 0 bridgehead atoms. The molecule has 1 fully saturated rings. The van der Waals surface area contributed by atoms with Crippen LogP contribution < -0.4 is 10.6 Å². The van der Waals surface area contributed by atoms with Gasteiger partial charge in [0.25, 0.3) is 0 Å². The predicted molar refractivity (Wildman–Crippen MR) is 118 cm³/mol. The molecule has 0 spiro atoms. The third kappa shape index (κ3) is 7.06. The van der Waals surface area contributed by atoms with Gasteiger partial charge in [0.15, 0.2) is 5.96 Å². The van der Waals surface area contributed by atoms with Crippen LogP contribution in [0.4, 0.5) is 0 Å². The summed E-state index contributed by atoms with van der Waals surface area (Å²) in [5, 5.41) is 6.89. The molecule has 1 saturated carbocycles. The topological polar surface area (TPSA) is 63.5 Å². The molecule has 0 saturated heterocycles. The van der Waals surface area contributed by atoms with Gasteiger partial charge in [0, 0.05) is 45.7 Å². The van der Waals surface area contributed by atoms with Gasteiger partial charge in [0.1, 0.15) is 12.4 Å². The van der Waals surface area contributed by atoms with Crippen molar-refractivity contribution in [1.82, 2.24) is 20.2 Å². The van der Waals surface area contributed by atoms with Crippen LogP contribution in [0.15, 0.2) is 17.4 Å². The molecule has 1 aromatic heterocycles. The second-order valence-electron chi connectivity index (χ2n) is 7.53. The van der Waals surface area contributed by atoms with Crippen molar-refractivity contribution < 1.29 is 4.74 Å². The summed E-state index contributed by atoms with van der Waals surface area (Å²) in [6.45, 7) is 10.8. The summed E-state index contributed by atoms with van der Waals surface area (Å²) in [5.41, 5.74) is 0.377. The highest BCUT2D eigenvalue weighted by molar-refractivity contribution is 14.0. The number of methoxy groups -OCH3 is 1. The Labute approximate surface area is 175 Å². The highest BCUT2D eigenvalue weighted by Gasteiger charge is 2.36. The van der Waals surface area contributed by atoms with Gasteiger partial charge >= 0.3 is 0 Å². The Morgan fingerprint density at radius 1 is 1.38 bits per heavy atom. The molecule has 0 aliphatic heterocycles. The molecule has 1 aliphatic carbocycles. The Hall–Kier alpha value is -0.830. The number of imidazole rings is 1. The summed E-state index contributed by atoms with van der Waals surface area (Å²) in [4.78, 5) is 9.21. The van der Waals surface area contributed by atoms with E-state index in [0.717, 1.165) is 44.4 Å². The molecule has 2 rings (SSSR count). The molecule has 26 heavy (non-hydrogen) atoms. The lowest BCUT2D eigenvalue weighted by molar-refractivity contribution is 0.0732. The van der Waals surface area contributed by atoms with E-state index in [-0.39, 0.29) is 24.0 Å². The quantitative estimate of drug-likeness (QED) is 0.308. The van der Waals surface area contributed by atoms with Gasteiger partial charge in [-0.25, -0.2) is 9.98 Å². The fraction of sp³-hybridized carbons (Fsp3) is 0.789. The monoisotopic (exact) mass is 477 g/mol. The SMILES string of the molecule is CCNC(=NCc1nccn1CC(C)C)NCC1(CCOC)CCC1.I. The van der Waals surface area contributed by atoms with E-state index < -0.39 is 0 Å². The second kappa shape index (κ2) is 11.8. The number of halogens is 1. The molecule has 7 heteroatoms. The zero-order valence-corrected chi connectivity index (χ0v) is 19.1. The molecular formula is C19H36IN5O. The van der Waals surface area contributed by atoms with E-state index in [4.69, 9.17) is 9.73 Å². The summed E-state index contributed by atoms with van der Waals surface area (Å²) in [5.74, 6) is 2.50. The lowest BCUT2D eigenvalue weighted by Gasteiger charge is -2.42. The minimum Gasteiger partial charge on any atom is -0.385 e. The molecule has 1 aromatic rings. The first-order chi connectivity index (χ1) is 12.1. The Morgan fingerprint density at radius 2 is 2.15 bits per heavy atom. The van der Waals surface area contributed by atoms with Crippen LogP contribution >= 0.6 is 24.0 Å². The molecule has 2 N–H and O–H groups in total. The smallest absolute Gasteiger partial charge is 0.191 e. The maximum Gasteiger partial charge on any atom is 0.191 e. The molecule has 0 atom stereocenters. The maximum absolute atomic E-state index is 5.28. The van der Waals surface area contributed by atoms with Gasteiger partial charge in [-0.3, -0.25) is 0 Å². The van der Waals surface area contributed by atoms with Crippen molar-refractivity contribution in [2.24, 2.45) is 16.3 Å². The number of nitrogens with zero attached hydrogens (tertiary/aromatic N) is 3. The van der Waals surface area contributed by atoms with Crippen molar-refractivity contribution in [2.75, 3.05) is 26.8 Å². The third-order valence-electron chi connectivity index (χ3n) is 4.97. The molecule has 1 aliphatic rings. The molecule has 0 unspecified atom stereocenters. The molecular weight excluding hydrogens is 441 g/mol. The third-order valence-corrected chi connectivity index (χ3v) is 4.97. The number of aliphatic imine (C=N–C) groups is 1. The van der Waals surface area contributed by atoms with E-state index in [1.165, 1.54) is 19.3 Å². The molecule has 0 aromatic carbocycles. The number of ether oxygens (including phenoxy) is 1. The van der Waals surface area contributed by atoms with Gasteiger partial charge < -0.3 is 19.9 Å². The van der Waals surface area contributed by atoms with Crippen molar-refractivity contribution >= 4 is 29.9 Å². The van der Waals surface area contributed by atoms with Crippen LogP contribution in [-0.4, -0.2) is 42.3 Å². The molecule has 150 valence electrons. The Kier molecular flexibility index (Phi) is 10.5. The lowest BCUT2D eigenvalue weighted by atomic mass is 9.67. The fourth-order valence-corrected chi connectivity index (χ4v) is 3.32. The normalized spacial score (nSPS) is 16.1. The number of rotatable bonds is 10. The highest BCUT2D eigenvalue weighted by Crippen LogP contribution is 2.43. The van der Waals surface area contributed by atoms with Gasteiger partial charge in [0.2, 0.25) is 0 Å². The summed E-state index contributed by atoms with van der Waals surface area (Å²) in [6.07, 6.45) is 8.91. The van der Waals surface area contributed by atoms with E-state index in [1.807, 2.05) is 12.4 Å². The first-order valence-corrected chi connectivity index (χ1v) is 9.59. The number of nitrogens with one attached hydrogen (secondary N) is 2. The number of hydrogen-bond acceptors (Lipinski definition) is 3. The fourth-order valence-electron chi connectivity index (χ4n) is 3.32. The molecule has 6 nitrogen and oxygen atoms in total. The Bertz CT molecular complexity index is 540. The van der Waals surface area contributed by atoms with Gasteiger partial charge in [-0.05, 0) is 37.5 Å². The maximum atomic E-state index is 5.28. The second-order valence-corrected chi connectivity index (χ2v) is 7.53. The van der Waals surface area contributed by atoms with E-state index in [9.17, 15) is 0 Å². The zero-order valence-electron chi connectivity index (χ0n) is 16.8. The molecule has 0 radical (unpaired) electrons. The van der Waals surface area contributed by atoms with Gasteiger partial charge in [-0.1, -0.05) is 20.3 Å². The summed E-state index contributed by atoms with van der Waals surface area (Å²) in [7, 11) is 1.78. The number of hydrogen-bond donors (Lipinski definition) is 2. The van der Waals surface area contributed by atoms with Crippen molar-refractivity contribution in [3.63, 3.8) is 0 Å². The van der Waals surface area contributed by atoms with Gasteiger partial charge in [0.05, 0.1) is 0 Å². The molecule has 0 amide bonds. The summed E-state index contributed by atoms with van der Waals surface area (Å²) < 4.78 is 7.48. The van der Waals surface area contributed by atoms with Gasteiger partial charge in [-0.2, -0.15) is 0 Å². The van der Waals surface area contributed by atoms with E-state index >= 15 is 0 Å². The summed E-state index contributed by atoms with van der Waals surface area (Å²) >= 11 is 0. The van der Waals surface area contributed by atoms with Crippen molar-refractivity contribution in [3.05, 3.63) is 18.2 Å². The Morgan fingerprint density at radius 3 is 2.73 bits per heavy atom. The Balaban J connectivity index is 0.00000338. The minimum atomic E-state index is 0. The lowest BCUT2D eigenvalue weighted by Crippen LogP contribution is -2.47. The van der Waals surface area contributed by atoms with E-state index in [2.05, 4.69) is 41.0 Å². The van der Waals surface area contributed by atoms with Crippen LogP contribution in [0.3, 0.4) is 0 Å². The number of guanidine groups is 1. The van der Waals surface area contributed by atoms with Crippen molar-refractivity contribution in [2.45, 2.75) is 59.5 Å². The minimum absolute atomic E-state index is 0. The zero-order chi connectivity index (χ0) is 18.1. The summed E-state index contributed by atoms with van der Waals surface area (Å²) in [6, 6.07) is 0. The molecule has 1 heterocycles. The standard InChI is InChI=1S/C19H35N5O.HI/c1-5-20-18(23-15-19(7-6-8-19)9-12-25-4)22-13-17-21-10-11-24(17)14-16(2)3;/h10-11,16H,5-9,12-15H2,1-4H3,(H2,20,22,23);1H.